The van der Waals surface area contributed by atoms with Gasteiger partial charge in [0, 0.05) is 36.7 Å². The molecular weight excluding hydrogens is 1060 g/mol. The van der Waals surface area contributed by atoms with E-state index in [2.05, 4.69) is 185 Å². The quantitative estimate of drug-likeness (QED) is 0.101. The smallest absolute Gasteiger partial charge is 0.0798 e. The van der Waals surface area contributed by atoms with Crippen molar-refractivity contribution in [2.75, 3.05) is 0 Å². The van der Waals surface area contributed by atoms with Gasteiger partial charge in [0.05, 0.1) is 24.9 Å². The predicted molar refractivity (Wildman–Crippen MR) is 299 cm³/mol. The van der Waals surface area contributed by atoms with Crippen molar-refractivity contribution < 1.29 is 20.1 Å². The fourth-order valence-corrected chi connectivity index (χ4v) is 14.2. The third-order valence-electron chi connectivity index (χ3n) is 15.1. The van der Waals surface area contributed by atoms with Gasteiger partial charge in [-0.3, -0.25) is 4.98 Å². The molecular formula is C64H69IrN3SSi-2. The molecule has 2 aliphatic carbocycles. The fraction of sp³-hybridized carbons (Fsp3) is 0.344. The maximum absolute atomic E-state index is 5.39. The summed E-state index contributed by atoms with van der Waals surface area (Å²) in [7, 11) is -1.36. The molecule has 9 aromatic rings. The number of nitrogens with zero attached hydrogens (tertiary/aromatic N) is 3. The van der Waals surface area contributed by atoms with E-state index in [0.29, 0.717) is 17.8 Å². The summed E-state index contributed by atoms with van der Waals surface area (Å²) >= 11 is 1.91. The van der Waals surface area contributed by atoms with E-state index >= 15 is 0 Å². The molecule has 2 fully saturated rings. The Morgan fingerprint density at radius 3 is 2.04 bits per heavy atom. The van der Waals surface area contributed by atoms with E-state index in [-0.39, 0.29) is 20.1 Å². The van der Waals surface area contributed by atoms with Gasteiger partial charge in [0.2, 0.25) is 0 Å². The number of rotatable bonds is 10. The molecule has 0 amide bonds. The molecule has 3 heterocycles. The number of hydrogen-bond donors (Lipinski definition) is 0. The molecule has 361 valence electrons. The molecule has 0 saturated heterocycles. The number of pyridine rings is 1. The van der Waals surface area contributed by atoms with Gasteiger partial charge in [-0.15, -0.1) is 54.1 Å². The molecule has 3 aromatic heterocycles. The van der Waals surface area contributed by atoms with Gasteiger partial charge < -0.3 is 9.55 Å². The molecule has 0 unspecified atom stereocenters. The Kier molecular flexibility index (Phi) is 15.6. The number of aromatic nitrogens is 3. The molecule has 0 spiro atoms. The molecule has 0 bridgehead atoms. The number of fused-ring (bicyclic) bond motifs is 4. The molecule has 0 N–H and O–H groups in total. The van der Waals surface area contributed by atoms with Crippen molar-refractivity contribution in [3.8, 4) is 39.5 Å². The molecule has 0 atom stereocenters. The minimum absolute atomic E-state index is 0. The van der Waals surface area contributed by atoms with E-state index in [4.69, 9.17) is 9.97 Å². The Morgan fingerprint density at radius 2 is 1.36 bits per heavy atom. The third kappa shape index (κ3) is 10.5. The number of thiophene rings is 1. The van der Waals surface area contributed by atoms with Crippen LogP contribution in [0.1, 0.15) is 132 Å². The number of para-hydroxylation sites is 2. The van der Waals surface area contributed by atoms with E-state index in [0.717, 1.165) is 39.6 Å². The first-order valence-corrected chi connectivity index (χ1v) is 30.4. The van der Waals surface area contributed by atoms with Crippen LogP contribution in [0.25, 0.3) is 70.7 Å². The Labute approximate surface area is 436 Å². The summed E-state index contributed by atoms with van der Waals surface area (Å²) in [5.74, 6) is 3.19. The zero-order valence-electron chi connectivity index (χ0n) is 42.4. The van der Waals surface area contributed by atoms with Crippen LogP contribution in [0.4, 0.5) is 0 Å². The fourth-order valence-electron chi connectivity index (χ4n) is 11.4. The standard InChI is InChI=1S/C43H41N2S.C21H28NSi.Ir/c1-27(2)36-24-32(30-16-9-6-10-17-30)25-37(28(3)4)41(36)45-39-21-12-11-20-38(39)44-43(45)35-19-13-18-34-33-23-22-31(26-40(33)46-42(34)35)29-14-7-5-8-15-29;1-23(2,3)21-16-22-20(18-12-8-5-9-13-18)15-19(21)14-17-10-6-4-7-11-17;/h6,9-13,16-18,20-29H,5,7-8,14-15H2,1-4H3;5,8-9,12,15-17H,4,6-7,10-11,14H2,1-3H3;/q2*-1;. The molecule has 0 aliphatic heterocycles. The van der Waals surface area contributed by atoms with Crippen LogP contribution in [0.15, 0.2) is 134 Å². The van der Waals surface area contributed by atoms with Crippen LogP contribution >= 0.6 is 11.3 Å². The molecule has 2 aliphatic rings. The van der Waals surface area contributed by atoms with Crippen LogP contribution in [0.2, 0.25) is 19.6 Å². The molecule has 70 heavy (non-hydrogen) atoms. The maximum Gasteiger partial charge on any atom is 0.0798 e. The van der Waals surface area contributed by atoms with Crippen LogP contribution in [0.3, 0.4) is 0 Å². The Bertz CT molecular complexity index is 3170. The molecule has 6 heteroatoms. The van der Waals surface area contributed by atoms with E-state index in [9.17, 15) is 0 Å². The van der Waals surface area contributed by atoms with E-state index in [1.54, 1.807) is 10.8 Å². The van der Waals surface area contributed by atoms with Crippen LogP contribution in [-0.2, 0) is 26.5 Å². The average molecular weight is 1130 g/mol. The first-order valence-electron chi connectivity index (χ1n) is 26.1. The maximum atomic E-state index is 5.39. The normalized spacial score (nSPS) is 14.9. The summed E-state index contributed by atoms with van der Waals surface area (Å²) in [4.78, 5) is 10.2. The third-order valence-corrected chi connectivity index (χ3v) is 18.3. The monoisotopic (exact) mass is 1130 g/mol. The van der Waals surface area contributed by atoms with Crippen molar-refractivity contribution >= 4 is 55.8 Å². The first-order chi connectivity index (χ1) is 33.5. The summed E-state index contributed by atoms with van der Waals surface area (Å²) in [6.45, 7) is 16.6. The molecule has 3 nitrogen and oxygen atoms in total. The predicted octanol–water partition coefficient (Wildman–Crippen LogP) is 18.0. The molecule has 1 radical (unpaired) electrons. The van der Waals surface area contributed by atoms with Gasteiger partial charge in [-0.25, -0.2) is 0 Å². The molecule has 11 rings (SSSR count). The van der Waals surface area contributed by atoms with E-state index in [1.165, 1.54) is 124 Å². The van der Waals surface area contributed by atoms with Crippen LogP contribution in [-0.4, -0.2) is 22.6 Å². The Morgan fingerprint density at radius 1 is 0.671 bits per heavy atom. The summed E-state index contributed by atoms with van der Waals surface area (Å²) in [5, 5.41) is 4.19. The van der Waals surface area contributed by atoms with Crippen molar-refractivity contribution in [2.45, 2.75) is 136 Å². The zero-order chi connectivity index (χ0) is 47.6. The zero-order valence-corrected chi connectivity index (χ0v) is 46.6. The van der Waals surface area contributed by atoms with Crippen molar-refractivity contribution in [2.24, 2.45) is 5.92 Å². The van der Waals surface area contributed by atoms with Gasteiger partial charge in [0.25, 0.3) is 0 Å². The summed E-state index contributed by atoms with van der Waals surface area (Å²) < 4.78 is 5.10. The van der Waals surface area contributed by atoms with Crippen molar-refractivity contribution in [3.63, 3.8) is 0 Å². The number of imidazole rings is 1. The van der Waals surface area contributed by atoms with Gasteiger partial charge in [-0.2, -0.15) is 11.3 Å². The second-order valence-corrected chi connectivity index (χ2v) is 27.8. The molecule has 6 aromatic carbocycles. The Balaban J connectivity index is 0.000000214. The first kappa shape index (κ1) is 50.0. The second kappa shape index (κ2) is 21.8. The number of hydrogen-bond acceptors (Lipinski definition) is 3. The molecule has 2 saturated carbocycles. The van der Waals surface area contributed by atoms with Crippen molar-refractivity contribution in [3.05, 3.63) is 168 Å². The van der Waals surface area contributed by atoms with Crippen molar-refractivity contribution in [1.29, 1.82) is 0 Å². The van der Waals surface area contributed by atoms with Crippen LogP contribution in [0.5, 0.6) is 0 Å². The van der Waals surface area contributed by atoms with E-state index < -0.39 is 8.07 Å². The summed E-state index contributed by atoms with van der Waals surface area (Å²) in [6, 6.07) is 53.4. The van der Waals surface area contributed by atoms with Gasteiger partial charge in [-0.05, 0) is 122 Å². The van der Waals surface area contributed by atoms with E-state index in [1.807, 2.05) is 23.5 Å². The minimum Gasteiger partial charge on any atom is -0.333 e. The second-order valence-electron chi connectivity index (χ2n) is 21.7. The van der Waals surface area contributed by atoms with Crippen LogP contribution < -0.4 is 5.19 Å². The summed E-state index contributed by atoms with van der Waals surface area (Å²) in [6.07, 6.45) is 17.2. The van der Waals surface area contributed by atoms with Crippen molar-refractivity contribution in [1.82, 2.24) is 14.5 Å². The summed E-state index contributed by atoms with van der Waals surface area (Å²) in [5.41, 5.74) is 15.0. The van der Waals surface area contributed by atoms with Gasteiger partial charge in [0.15, 0.2) is 0 Å². The number of benzene rings is 6. The minimum atomic E-state index is -1.36. The Hall–Kier alpha value is -4.97. The average Bonchev–Trinajstić information content (AvgIpc) is 3.95. The van der Waals surface area contributed by atoms with Gasteiger partial charge in [0.1, 0.15) is 0 Å². The topological polar surface area (TPSA) is 30.7 Å². The largest absolute Gasteiger partial charge is 0.333 e. The van der Waals surface area contributed by atoms with Gasteiger partial charge in [-0.1, -0.05) is 176 Å². The van der Waals surface area contributed by atoms with Gasteiger partial charge >= 0.3 is 0 Å². The van der Waals surface area contributed by atoms with Crippen LogP contribution in [0, 0.1) is 18.1 Å². The SMILES string of the molecule is CC(C)c1cc(-c2ccccc2)cc(C(C)C)c1-n1c(-c2[c-]ccc3c2sc2cc(C4CCCCC4)ccc23)nc2ccccc21.C[Si](C)(C)c1cnc(-c2[c-]cccc2)cc1CC1CCCCC1.[Ir].